The number of rotatable bonds is 4. The van der Waals surface area contributed by atoms with Gasteiger partial charge in [0.2, 0.25) is 0 Å². The van der Waals surface area contributed by atoms with Gasteiger partial charge in [-0.15, -0.1) is 0 Å². The van der Waals surface area contributed by atoms with E-state index in [9.17, 15) is 0 Å². The van der Waals surface area contributed by atoms with E-state index < -0.39 is 0 Å². The van der Waals surface area contributed by atoms with Crippen LogP contribution in [-0.4, -0.2) is 19.5 Å². The van der Waals surface area contributed by atoms with E-state index in [2.05, 4.69) is 102 Å². The van der Waals surface area contributed by atoms with Crippen LogP contribution in [0.2, 0.25) is 0 Å². The Balaban J connectivity index is 1.05. The maximum Gasteiger partial charge on any atom is 0.164 e. The summed E-state index contributed by atoms with van der Waals surface area (Å²) >= 11 is 0. The number of aromatic nitrogens is 4. The summed E-state index contributed by atoms with van der Waals surface area (Å²) in [6, 6.07) is 54.0. The molecule has 0 aliphatic rings. The van der Waals surface area contributed by atoms with Crippen molar-refractivity contribution in [1.82, 2.24) is 19.5 Å². The minimum Gasteiger partial charge on any atom is -0.456 e. The van der Waals surface area contributed by atoms with E-state index in [-0.39, 0.29) is 0 Å². The Bertz CT molecular complexity index is 3100. The zero-order valence-corrected chi connectivity index (χ0v) is 27.1. The number of benzene rings is 7. The first-order chi connectivity index (χ1) is 25.2. The molecule has 0 aliphatic carbocycles. The summed E-state index contributed by atoms with van der Waals surface area (Å²) in [6.45, 7) is 0. The Morgan fingerprint density at radius 1 is 0.333 bits per heavy atom. The summed E-state index contributed by atoms with van der Waals surface area (Å²) in [4.78, 5) is 14.9. The van der Waals surface area contributed by atoms with Crippen molar-refractivity contribution < 1.29 is 8.83 Å². The second kappa shape index (κ2) is 10.7. The fourth-order valence-corrected chi connectivity index (χ4v) is 7.46. The van der Waals surface area contributed by atoms with Gasteiger partial charge in [0.05, 0.1) is 11.0 Å². The van der Waals surface area contributed by atoms with Crippen LogP contribution in [-0.2, 0) is 0 Å². The lowest BCUT2D eigenvalue weighted by molar-refractivity contribution is 0.668. The predicted octanol–water partition coefficient (Wildman–Crippen LogP) is 11.8. The van der Waals surface area contributed by atoms with Crippen LogP contribution in [0.15, 0.2) is 167 Å². The molecule has 0 fully saturated rings. The van der Waals surface area contributed by atoms with Gasteiger partial charge in [0.15, 0.2) is 17.5 Å². The van der Waals surface area contributed by atoms with E-state index >= 15 is 0 Å². The Hall–Kier alpha value is -7.05. The Morgan fingerprint density at radius 2 is 0.784 bits per heavy atom. The highest BCUT2D eigenvalue weighted by Gasteiger charge is 2.17. The molecule has 11 rings (SSSR count). The van der Waals surface area contributed by atoms with E-state index in [0.29, 0.717) is 17.5 Å². The molecule has 51 heavy (non-hydrogen) atoms. The number of hydrogen-bond donors (Lipinski definition) is 0. The molecular formula is C45H26N4O2. The van der Waals surface area contributed by atoms with Crippen molar-refractivity contribution in [3.05, 3.63) is 158 Å². The maximum atomic E-state index is 6.59. The number of para-hydroxylation sites is 3. The number of nitrogens with zero attached hydrogens (tertiary/aromatic N) is 4. The smallest absolute Gasteiger partial charge is 0.164 e. The fourth-order valence-electron chi connectivity index (χ4n) is 7.46. The van der Waals surface area contributed by atoms with Gasteiger partial charge >= 0.3 is 0 Å². The lowest BCUT2D eigenvalue weighted by Crippen LogP contribution is -2.00. The molecule has 0 amide bonds. The van der Waals surface area contributed by atoms with Crippen LogP contribution < -0.4 is 0 Å². The van der Waals surface area contributed by atoms with E-state index in [1.807, 2.05) is 60.7 Å². The van der Waals surface area contributed by atoms with Crippen LogP contribution in [0.4, 0.5) is 0 Å². The van der Waals surface area contributed by atoms with Crippen LogP contribution in [0, 0.1) is 0 Å². The number of hydrogen-bond acceptors (Lipinski definition) is 5. The largest absolute Gasteiger partial charge is 0.456 e. The predicted molar refractivity (Wildman–Crippen MR) is 205 cm³/mol. The van der Waals surface area contributed by atoms with Gasteiger partial charge in [0.25, 0.3) is 0 Å². The minimum atomic E-state index is 0.567. The summed E-state index contributed by atoms with van der Waals surface area (Å²) < 4.78 is 15.1. The van der Waals surface area contributed by atoms with E-state index in [0.717, 1.165) is 77.3 Å². The second-order valence-electron chi connectivity index (χ2n) is 12.8. The summed E-state index contributed by atoms with van der Waals surface area (Å²) in [5.74, 6) is 1.74. The van der Waals surface area contributed by atoms with Gasteiger partial charge in [0.1, 0.15) is 22.3 Å². The molecule has 0 N–H and O–H groups in total. The van der Waals surface area contributed by atoms with Gasteiger partial charge in [-0.2, -0.15) is 0 Å². The molecule has 0 atom stereocenters. The van der Waals surface area contributed by atoms with Crippen molar-refractivity contribution in [2.24, 2.45) is 0 Å². The molecule has 0 bridgehead atoms. The van der Waals surface area contributed by atoms with Crippen molar-refractivity contribution in [3.63, 3.8) is 0 Å². The van der Waals surface area contributed by atoms with E-state index in [1.165, 1.54) is 10.8 Å². The fraction of sp³-hybridized carbons (Fsp3) is 0. The van der Waals surface area contributed by atoms with Gasteiger partial charge in [-0.05, 0) is 54.6 Å². The van der Waals surface area contributed by atoms with Crippen molar-refractivity contribution >= 4 is 65.7 Å². The van der Waals surface area contributed by atoms with Gasteiger partial charge in [-0.1, -0.05) is 97.1 Å². The SMILES string of the molecule is c1ccc(-c2nc(-c3ccc4c(c3)oc3ccccc34)nc(-c3ccc4c(c3)oc3cc(-n5c6ccccc6c6ccccc65)ccc34)n2)cc1. The highest BCUT2D eigenvalue weighted by Crippen LogP contribution is 2.37. The monoisotopic (exact) mass is 654 g/mol. The highest BCUT2D eigenvalue weighted by molar-refractivity contribution is 6.10. The summed E-state index contributed by atoms with van der Waals surface area (Å²) in [5.41, 5.74) is 9.22. The van der Waals surface area contributed by atoms with Crippen LogP contribution in [0.25, 0.3) is 106 Å². The van der Waals surface area contributed by atoms with Crippen LogP contribution in [0.5, 0.6) is 0 Å². The Labute approximate surface area is 290 Å². The molecule has 7 aromatic carbocycles. The van der Waals surface area contributed by atoms with Gasteiger partial charge < -0.3 is 13.4 Å². The highest BCUT2D eigenvalue weighted by atomic mass is 16.3. The van der Waals surface area contributed by atoms with Crippen molar-refractivity contribution in [2.45, 2.75) is 0 Å². The molecule has 0 saturated heterocycles. The van der Waals surface area contributed by atoms with E-state index in [1.54, 1.807) is 0 Å². The second-order valence-corrected chi connectivity index (χ2v) is 12.8. The molecule has 6 nitrogen and oxygen atoms in total. The topological polar surface area (TPSA) is 69.9 Å². The van der Waals surface area contributed by atoms with Crippen molar-refractivity contribution in [2.75, 3.05) is 0 Å². The lowest BCUT2D eigenvalue weighted by atomic mass is 10.1. The third kappa shape index (κ3) is 4.33. The maximum absolute atomic E-state index is 6.59. The molecule has 6 heteroatoms. The molecule has 4 heterocycles. The normalized spacial score (nSPS) is 11.9. The van der Waals surface area contributed by atoms with E-state index in [4.69, 9.17) is 23.8 Å². The summed E-state index contributed by atoms with van der Waals surface area (Å²) in [6.07, 6.45) is 0. The molecule has 0 radical (unpaired) electrons. The molecular weight excluding hydrogens is 629 g/mol. The first-order valence-electron chi connectivity index (χ1n) is 16.9. The molecule has 238 valence electrons. The van der Waals surface area contributed by atoms with Gasteiger partial charge in [-0.3, -0.25) is 0 Å². The molecule has 0 saturated carbocycles. The number of furan rings is 2. The van der Waals surface area contributed by atoms with Crippen LogP contribution in [0.1, 0.15) is 0 Å². The van der Waals surface area contributed by atoms with Gasteiger partial charge in [0, 0.05) is 60.8 Å². The summed E-state index contributed by atoms with van der Waals surface area (Å²) in [7, 11) is 0. The van der Waals surface area contributed by atoms with Crippen molar-refractivity contribution in [1.29, 1.82) is 0 Å². The third-order valence-corrected chi connectivity index (χ3v) is 9.86. The average Bonchev–Trinajstić information content (AvgIpc) is 3.86. The molecule has 11 aromatic rings. The lowest BCUT2D eigenvalue weighted by Gasteiger charge is -2.08. The average molecular weight is 655 g/mol. The van der Waals surface area contributed by atoms with Crippen molar-refractivity contribution in [3.8, 4) is 39.9 Å². The van der Waals surface area contributed by atoms with Gasteiger partial charge in [-0.25, -0.2) is 15.0 Å². The molecule has 0 aliphatic heterocycles. The molecule has 0 spiro atoms. The Morgan fingerprint density at radius 3 is 1.41 bits per heavy atom. The zero-order valence-electron chi connectivity index (χ0n) is 27.1. The third-order valence-electron chi connectivity index (χ3n) is 9.86. The minimum absolute atomic E-state index is 0.567. The Kier molecular flexibility index (Phi) is 5.86. The zero-order chi connectivity index (χ0) is 33.5. The first kappa shape index (κ1) is 27.9. The van der Waals surface area contributed by atoms with Crippen LogP contribution in [0.3, 0.4) is 0 Å². The first-order valence-corrected chi connectivity index (χ1v) is 16.9. The summed E-state index contributed by atoms with van der Waals surface area (Å²) in [5, 5.41) is 6.69. The quantitative estimate of drug-likeness (QED) is 0.189. The number of fused-ring (bicyclic) bond motifs is 9. The molecule has 4 aromatic heterocycles. The standard InChI is InChI=1S/C45H26N4O2/c1-2-10-27(11-3-1)43-46-44(28-18-21-34-33-14-6-9-17-39(33)50-40(34)24-28)48-45(47-43)29-19-22-35-36-23-20-30(26-42(36)51-41(35)25-29)49-37-15-7-4-12-31(37)32-13-5-8-16-38(32)49/h1-26H. The molecule has 0 unspecified atom stereocenters. The van der Waals surface area contributed by atoms with Crippen LogP contribution >= 0.6 is 0 Å².